The van der Waals surface area contributed by atoms with Crippen LogP contribution in [0.25, 0.3) is 0 Å². The Morgan fingerprint density at radius 1 is 1.45 bits per heavy atom. The van der Waals surface area contributed by atoms with E-state index >= 15 is 0 Å². The van der Waals surface area contributed by atoms with Gasteiger partial charge < -0.3 is 9.88 Å². The lowest BCUT2D eigenvalue weighted by atomic mass is 9.88. The van der Waals surface area contributed by atoms with Gasteiger partial charge in [0, 0.05) is 29.5 Å². The lowest BCUT2D eigenvalue weighted by Gasteiger charge is -2.28. The van der Waals surface area contributed by atoms with E-state index in [4.69, 9.17) is 10.7 Å². The van der Waals surface area contributed by atoms with Gasteiger partial charge in [0.25, 0.3) is 15.0 Å². The van der Waals surface area contributed by atoms with Crippen LogP contribution in [0, 0.1) is 5.41 Å². The van der Waals surface area contributed by atoms with Crippen molar-refractivity contribution in [2.24, 2.45) is 5.41 Å². The average molecular weight is 321 g/mol. The van der Waals surface area contributed by atoms with Crippen LogP contribution in [0.3, 0.4) is 0 Å². The van der Waals surface area contributed by atoms with Crippen LogP contribution in [0.4, 0.5) is 0 Å². The minimum atomic E-state index is -3.83. The molecule has 1 aromatic rings. The Morgan fingerprint density at radius 3 is 2.40 bits per heavy atom. The normalized spacial score (nSPS) is 14.1. The van der Waals surface area contributed by atoms with Crippen molar-refractivity contribution in [1.29, 1.82) is 0 Å². The van der Waals surface area contributed by atoms with Crippen molar-refractivity contribution in [3.8, 4) is 0 Å². The van der Waals surface area contributed by atoms with Gasteiger partial charge in [0.05, 0.1) is 0 Å². The SMILES string of the molecule is CCn1cc(S(=O)(=O)Cl)cc1C(=O)NC(C)C(C)(C)C. The van der Waals surface area contributed by atoms with Gasteiger partial charge in [-0.3, -0.25) is 4.79 Å². The van der Waals surface area contributed by atoms with Crippen LogP contribution in [0.2, 0.25) is 0 Å². The van der Waals surface area contributed by atoms with Crippen molar-refractivity contribution < 1.29 is 13.2 Å². The predicted molar refractivity (Wildman–Crippen MR) is 79.5 cm³/mol. The molecule has 0 saturated heterocycles. The van der Waals surface area contributed by atoms with E-state index in [1.165, 1.54) is 12.3 Å². The molecule has 0 bridgehead atoms. The number of aryl methyl sites for hydroxylation is 1. The maximum atomic E-state index is 12.3. The van der Waals surface area contributed by atoms with Gasteiger partial charge in [-0.25, -0.2) is 8.42 Å². The molecule has 20 heavy (non-hydrogen) atoms. The Kier molecular flexibility index (Phi) is 4.92. The minimum absolute atomic E-state index is 0.0498. The summed E-state index contributed by atoms with van der Waals surface area (Å²) in [6.07, 6.45) is 1.37. The van der Waals surface area contributed by atoms with E-state index < -0.39 is 9.05 Å². The van der Waals surface area contributed by atoms with E-state index in [1.54, 1.807) is 4.57 Å². The topological polar surface area (TPSA) is 68.2 Å². The summed E-state index contributed by atoms with van der Waals surface area (Å²) in [6, 6.07) is 1.25. The van der Waals surface area contributed by atoms with E-state index in [9.17, 15) is 13.2 Å². The standard InChI is InChI=1S/C13H21ClN2O3S/c1-6-16-8-10(20(14,18)19)7-11(16)12(17)15-9(2)13(3,4)5/h7-9H,6H2,1-5H3,(H,15,17). The van der Waals surface area contributed by atoms with Gasteiger partial charge >= 0.3 is 0 Å². The zero-order valence-electron chi connectivity index (χ0n) is 12.4. The molecule has 1 unspecified atom stereocenters. The summed E-state index contributed by atoms with van der Waals surface area (Å²) >= 11 is 0. The van der Waals surface area contributed by atoms with Gasteiger partial charge in [-0.1, -0.05) is 20.8 Å². The third-order valence-electron chi connectivity index (χ3n) is 3.37. The van der Waals surface area contributed by atoms with Gasteiger partial charge in [-0.2, -0.15) is 0 Å². The fourth-order valence-electron chi connectivity index (χ4n) is 1.56. The molecule has 1 heterocycles. The number of rotatable bonds is 4. The number of halogens is 1. The molecular formula is C13H21ClN2O3S. The molecule has 1 rings (SSSR count). The van der Waals surface area contributed by atoms with Gasteiger partial charge in [-0.15, -0.1) is 0 Å². The maximum absolute atomic E-state index is 12.3. The molecule has 114 valence electrons. The summed E-state index contributed by atoms with van der Waals surface area (Å²) < 4.78 is 24.2. The van der Waals surface area contributed by atoms with Crippen LogP contribution in [0.5, 0.6) is 0 Å². The van der Waals surface area contributed by atoms with Gasteiger partial charge in [0.15, 0.2) is 0 Å². The third kappa shape index (κ3) is 3.99. The molecule has 1 atom stereocenters. The number of aromatic nitrogens is 1. The first kappa shape index (κ1) is 17.0. The molecule has 0 aliphatic heterocycles. The molecule has 0 radical (unpaired) electrons. The minimum Gasteiger partial charge on any atom is -0.348 e. The molecule has 5 nitrogen and oxygen atoms in total. The molecular weight excluding hydrogens is 300 g/mol. The summed E-state index contributed by atoms with van der Waals surface area (Å²) in [5.74, 6) is -0.305. The van der Waals surface area contributed by atoms with Crippen LogP contribution in [-0.4, -0.2) is 24.9 Å². The summed E-state index contributed by atoms with van der Waals surface area (Å²) in [6.45, 7) is 10.3. The lowest BCUT2D eigenvalue weighted by molar-refractivity contribution is 0.0900. The van der Waals surface area contributed by atoms with Crippen molar-refractivity contribution >= 4 is 25.6 Å². The molecule has 0 saturated carbocycles. The van der Waals surface area contributed by atoms with Crippen LogP contribution >= 0.6 is 10.7 Å². The molecule has 0 aliphatic rings. The van der Waals surface area contributed by atoms with Gasteiger partial charge in [0.2, 0.25) is 0 Å². The highest BCUT2D eigenvalue weighted by atomic mass is 35.7. The summed E-state index contributed by atoms with van der Waals surface area (Å²) in [5, 5.41) is 2.88. The smallest absolute Gasteiger partial charge is 0.268 e. The number of nitrogens with one attached hydrogen (secondary N) is 1. The van der Waals surface area contributed by atoms with Crippen LogP contribution in [0.1, 0.15) is 45.1 Å². The fraction of sp³-hybridized carbons (Fsp3) is 0.615. The van der Waals surface area contributed by atoms with E-state index in [1.807, 2.05) is 34.6 Å². The lowest BCUT2D eigenvalue weighted by Crippen LogP contribution is -2.42. The van der Waals surface area contributed by atoms with Crippen molar-refractivity contribution in [3.63, 3.8) is 0 Å². The molecule has 1 aromatic heterocycles. The highest BCUT2D eigenvalue weighted by Crippen LogP contribution is 2.21. The number of hydrogen-bond donors (Lipinski definition) is 1. The van der Waals surface area contributed by atoms with E-state index in [2.05, 4.69) is 5.32 Å². The number of carbonyl (C=O) groups is 1. The van der Waals surface area contributed by atoms with E-state index in [0.29, 0.717) is 12.2 Å². The number of nitrogens with zero attached hydrogens (tertiary/aromatic N) is 1. The van der Waals surface area contributed by atoms with E-state index in [0.717, 1.165) is 0 Å². The zero-order chi connectivity index (χ0) is 15.7. The number of amides is 1. The summed E-state index contributed by atoms with van der Waals surface area (Å²) in [5.41, 5.74) is 0.212. The van der Waals surface area contributed by atoms with Crippen LogP contribution < -0.4 is 5.32 Å². The second kappa shape index (κ2) is 5.77. The van der Waals surface area contributed by atoms with Gasteiger partial charge in [0.1, 0.15) is 10.6 Å². The summed E-state index contributed by atoms with van der Waals surface area (Å²) in [4.78, 5) is 12.2. The first-order chi connectivity index (χ1) is 8.96. The third-order valence-corrected chi connectivity index (χ3v) is 4.69. The second-order valence-electron chi connectivity index (χ2n) is 5.85. The molecule has 7 heteroatoms. The fourth-order valence-corrected chi connectivity index (χ4v) is 2.31. The van der Waals surface area contributed by atoms with E-state index in [-0.39, 0.29) is 22.3 Å². The first-order valence-electron chi connectivity index (χ1n) is 6.42. The van der Waals surface area contributed by atoms with Crippen molar-refractivity contribution in [3.05, 3.63) is 18.0 Å². The largest absolute Gasteiger partial charge is 0.348 e. The zero-order valence-corrected chi connectivity index (χ0v) is 14.0. The average Bonchev–Trinajstić information content (AvgIpc) is 2.70. The quantitative estimate of drug-likeness (QED) is 0.867. The molecule has 1 amide bonds. The molecule has 0 spiro atoms. The van der Waals surface area contributed by atoms with Gasteiger partial charge in [-0.05, 0) is 25.3 Å². The molecule has 0 aromatic carbocycles. The number of hydrogen-bond acceptors (Lipinski definition) is 3. The van der Waals surface area contributed by atoms with Crippen molar-refractivity contribution in [2.45, 2.75) is 52.1 Å². The van der Waals surface area contributed by atoms with Crippen molar-refractivity contribution in [1.82, 2.24) is 9.88 Å². The molecule has 0 fully saturated rings. The Morgan fingerprint density at radius 2 is 2.00 bits per heavy atom. The maximum Gasteiger partial charge on any atom is 0.268 e. The Labute approximate surface area is 124 Å². The molecule has 1 N–H and O–H groups in total. The Bertz CT molecular complexity index is 600. The first-order valence-corrected chi connectivity index (χ1v) is 8.73. The van der Waals surface area contributed by atoms with Crippen LogP contribution in [-0.2, 0) is 15.6 Å². The predicted octanol–water partition coefficient (Wildman–Crippen LogP) is 2.60. The highest BCUT2D eigenvalue weighted by molar-refractivity contribution is 8.13. The number of carbonyl (C=O) groups excluding carboxylic acids is 1. The van der Waals surface area contributed by atoms with Crippen molar-refractivity contribution in [2.75, 3.05) is 0 Å². The highest BCUT2D eigenvalue weighted by Gasteiger charge is 2.25. The Balaban J connectivity index is 3.08. The van der Waals surface area contributed by atoms with Crippen LogP contribution in [0.15, 0.2) is 17.2 Å². The monoisotopic (exact) mass is 320 g/mol. The summed E-state index contributed by atoms with van der Waals surface area (Å²) in [7, 11) is 1.48. The Hall–Kier alpha value is -1.01. The molecule has 0 aliphatic carbocycles. The second-order valence-corrected chi connectivity index (χ2v) is 8.41.